The van der Waals surface area contributed by atoms with Gasteiger partial charge in [0.1, 0.15) is 16.5 Å². The van der Waals surface area contributed by atoms with E-state index in [-0.39, 0.29) is 0 Å². The summed E-state index contributed by atoms with van der Waals surface area (Å²) in [5.41, 5.74) is 5.17. The number of ether oxygens (including phenoxy) is 3. The van der Waals surface area contributed by atoms with Crippen LogP contribution < -0.4 is 5.73 Å². The standard InChI is InChI=1S/C6H10O3.C4H9NS2/c1(5-3-8-5)7-2-6-4-9-6;1-2-3-7-4(5)6/h5-6H,1-4H2;2-3H2,1H3,(H2,5,6). The molecule has 2 atom stereocenters. The molecule has 2 unspecified atom stereocenters. The van der Waals surface area contributed by atoms with Gasteiger partial charge in [0.25, 0.3) is 0 Å². The summed E-state index contributed by atoms with van der Waals surface area (Å²) in [6.45, 7) is 5.36. The number of epoxide rings is 2. The van der Waals surface area contributed by atoms with E-state index in [0.29, 0.717) is 16.5 Å². The van der Waals surface area contributed by atoms with Gasteiger partial charge in [-0.1, -0.05) is 30.9 Å². The number of nitrogens with two attached hydrogens (primary N) is 1. The molecule has 2 fully saturated rings. The highest BCUT2D eigenvalue weighted by atomic mass is 32.2. The van der Waals surface area contributed by atoms with Crippen LogP contribution in [0.15, 0.2) is 0 Å². The largest absolute Gasteiger partial charge is 0.385 e. The Morgan fingerprint density at radius 2 is 1.88 bits per heavy atom. The van der Waals surface area contributed by atoms with E-state index < -0.39 is 0 Å². The highest BCUT2D eigenvalue weighted by Gasteiger charge is 2.26. The van der Waals surface area contributed by atoms with Crippen LogP contribution in [0, 0.1) is 0 Å². The minimum absolute atomic E-state index is 0.392. The van der Waals surface area contributed by atoms with Gasteiger partial charge in [-0.2, -0.15) is 0 Å². The maximum absolute atomic E-state index is 5.23. The predicted octanol–water partition coefficient (Wildman–Crippen LogP) is 1.17. The van der Waals surface area contributed by atoms with Gasteiger partial charge in [0, 0.05) is 0 Å². The van der Waals surface area contributed by atoms with Crippen LogP contribution in [0.2, 0.25) is 0 Å². The molecule has 94 valence electrons. The Bertz CT molecular complexity index is 196. The lowest BCUT2D eigenvalue weighted by Gasteiger charge is -1.95. The summed E-state index contributed by atoms with van der Waals surface area (Å²) < 4.78 is 15.7. The molecule has 16 heavy (non-hydrogen) atoms. The molecule has 0 radical (unpaired) electrons. The maximum atomic E-state index is 5.23. The summed E-state index contributed by atoms with van der Waals surface area (Å²) in [6.07, 6.45) is 1.93. The van der Waals surface area contributed by atoms with Crippen LogP contribution in [0.3, 0.4) is 0 Å². The van der Waals surface area contributed by atoms with E-state index in [1.165, 1.54) is 0 Å². The molecule has 0 aromatic rings. The minimum atomic E-state index is 0.392. The third-order valence-corrected chi connectivity index (χ3v) is 3.11. The monoisotopic (exact) mass is 265 g/mol. The van der Waals surface area contributed by atoms with Crippen molar-refractivity contribution in [2.75, 3.05) is 32.2 Å². The number of hydrogen-bond donors (Lipinski definition) is 1. The van der Waals surface area contributed by atoms with Crippen LogP contribution in [0.4, 0.5) is 0 Å². The summed E-state index contributed by atoms with van der Waals surface area (Å²) in [7, 11) is 0. The molecule has 2 aliphatic rings. The highest BCUT2D eigenvalue weighted by molar-refractivity contribution is 8.22. The molecule has 0 aromatic heterocycles. The van der Waals surface area contributed by atoms with Gasteiger partial charge in [-0.3, -0.25) is 0 Å². The Hall–Kier alpha value is 0.120. The van der Waals surface area contributed by atoms with Crippen molar-refractivity contribution >= 4 is 28.3 Å². The average molecular weight is 265 g/mol. The highest BCUT2D eigenvalue weighted by Crippen LogP contribution is 2.12. The SMILES string of the molecule is C(OCC1CO1)C1CO1.CCCSC(N)=S. The van der Waals surface area contributed by atoms with Gasteiger partial charge in [0.15, 0.2) is 0 Å². The molecular weight excluding hydrogens is 246 g/mol. The predicted molar refractivity (Wildman–Crippen MR) is 69.8 cm³/mol. The second-order valence-electron chi connectivity index (χ2n) is 3.62. The number of thiocarbonyl (C=S) groups is 1. The van der Waals surface area contributed by atoms with E-state index in [1.54, 1.807) is 11.8 Å². The maximum Gasteiger partial charge on any atom is 0.131 e. The summed E-state index contributed by atoms with van der Waals surface area (Å²) in [4.78, 5) is 0. The van der Waals surface area contributed by atoms with Crippen molar-refractivity contribution in [1.82, 2.24) is 0 Å². The van der Waals surface area contributed by atoms with Gasteiger partial charge in [0.05, 0.1) is 26.4 Å². The fourth-order valence-electron chi connectivity index (χ4n) is 0.862. The van der Waals surface area contributed by atoms with Crippen LogP contribution in [-0.2, 0) is 14.2 Å². The Labute approximate surface area is 106 Å². The van der Waals surface area contributed by atoms with Crippen molar-refractivity contribution in [2.24, 2.45) is 5.73 Å². The molecule has 2 rings (SSSR count). The van der Waals surface area contributed by atoms with Crippen LogP contribution in [0.5, 0.6) is 0 Å². The van der Waals surface area contributed by atoms with Crippen LogP contribution >= 0.6 is 24.0 Å². The molecule has 2 N–H and O–H groups in total. The van der Waals surface area contributed by atoms with Gasteiger partial charge in [-0.25, -0.2) is 0 Å². The lowest BCUT2D eigenvalue weighted by molar-refractivity contribution is 0.102. The molecule has 2 saturated heterocycles. The van der Waals surface area contributed by atoms with Crippen LogP contribution in [0.1, 0.15) is 13.3 Å². The summed E-state index contributed by atoms with van der Waals surface area (Å²) >= 11 is 6.14. The first-order valence-electron chi connectivity index (χ1n) is 5.45. The Balaban J connectivity index is 0.000000168. The molecular formula is C10H19NO3S2. The molecule has 0 aliphatic carbocycles. The number of thioether (sulfide) groups is 1. The topological polar surface area (TPSA) is 60.3 Å². The fraction of sp³-hybridized carbons (Fsp3) is 0.900. The van der Waals surface area contributed by atoms with E-state index >= 15 is 0 Å². The van der Waals surface area contributed by atoms with Crippen LogP contribution in [0.25, 0.3) is 0 Å². The molecule has 0 amide bonds. The summed E-state index contributed by atoms with van der Waals surface area (Å²) in [6, 6.07) is 0. The number of rotatable bonds is 6. The Kier molecular flexibility index (Phi) is 7.31. The lowest BCUT2D eigenvalue weighted by Crippen LogP contribution is -2.06. The van der Waals surface area contributed by atoms with Crippen molar-refractivity contribution in [3.05, 3.63) is 0 Å². The third kappa shape index (κ3) is 9.35. The first-order chi connectivity index (χ1) is 7.72. The molecule has 2 aliphatic heterocycles. The second-order valence-corrected chi connectivity index (χ2v) is 5.45. The van der Waals surface area contributed by atoms with E-state index in [0.717, 1.165) is 38.6 Å². The quantitative estimate of drug-likeness (QED) is 0.575. The van der Waals surface area contributed by atoms with E-state index in [4.69, 9.17) is 19.9 Å². The van der Waals surface area contributed by atoms with Crippen molar-refractivity contribution in [3.63, 3.8) is 0 Å². The van der Waals surface area contributed by atoms with E-state index in [2.05, 4.69) is 19.1 Å². The number of hydrogen-bond acceptors (Lipinski definition) is 5. The molecule has 0 aromatic carbocycles. The van der Waals surface area contributed by atoms with E-state index in [9.17, 15) is 0 Å². The molecule has 0 spiro atoms. The molecule has 0 bridgehead atoms. The Morgan fingerprint density at radius 3 is 2.12 bits per heavy atom. The zero-order valence-electron chi connectivity index (χ0n) is 9.52. The van der Waals surface area contributed by atoms with Gasteiger partial charge in [-0.15, -0.1) is 0 Å². The van der Waals surface area contributed by atoms with Crippen molar-refractivity contribution in [2.45, 2.75) is 25.6 Å². The summed E-state index contributed by atoms with van der Waals surface area (Å²) in [5.74, 6) is 1.05. The Morgan fingerprint density at radius 1 is 1.38 bits per heavy atom. The first-order valence-corrected chi connectivity index (χ1v) is 6.85. The molecule has 0 saturated carbocycles. The van der Waals surface area contributed by atoms with Gasteiger partial charge < -0.3 is 19.9 Å². The molecule has 2 heterocycles. The zero-order chi connectivity index (χ0) is 11.8. The lowest BCUT2D eigenvalue weighted by atomic mass is 10.5. The van der Waals surface area contributed by atoms with Gasteiger partial charge in [0.2, 0.25) is 0 Å². The normalized spacial score (nSPS) is 25.6. The first kappa shape index (κ1) is 14.2. The zero-order valence-corrected chi connectivity index (χ0v) is 11.1. The summed E-state index contributed by atoms with van der Waals surface area (Å²) in [5, 5.41) is 0. The van der Waals surface area contributed by atoms with Crippen molar-refractivity contribution in [3.8, 4) is 0 Å². The van der Waals surface area contributed by atoms with Gasteiger partial charge >= 0.3 is 0 Å². The smallest absolute Gasteiger partial charge is 0.131 e. The molecule has 4 nitrogen and oxygen atoms in total. The van der Waals surface area contributed by atoms with Crippen molar-refractivity contribution in [1.29, 1.82) is 0 Å². The van der Waals surface area contributed by atoms with Gasteiger partial charge in [-0.05, 0) is 12.2 Å². The van der Waals surface area contributed by atoms with Crippen LogP contribution in [-0.4, -0.2) is 48.7 Å². The second kappa shape index (κ2) is 8.25. The van der Waals surface area contributed by atoms with E-state index in [1.807, 2.05) is 0 Å². The minimum Gasteiger partial charge on any atom is -0.385 e. The van der Waals surface area contributed by atoms with Crippen molar-refractivity contribution < 1.29 is 14.2 Å². The average Bonchev–Trinajstić information content (AvgIpc) is 3.09. The fourth-order valence-corrected chi connectivity index (χ4v) is 1.52. The third-order valence-electron chi connectivity index (χ3n) is 1.86. The molecule has 6 heteroatoms.